The van der Waals surface area contributed by atoms with E-state index in [1.807, 2.05) is 0 Å². The average molecular weight is 197 g/mol. The molecular formula is C13H27N. The molecule has 0 bridgehead atoms. The van der Waals surface area contributed by atoms with Gasteiger partial charge in [-0.25, -0.2) is 0 Å². The lowest BCUT2D eigenvalue weighted by atomic mass is 9.87. The third-order valence-corrected chi connectivity index (χ3v) is 3.72. The molecule has 0 spiro atoms. The quantitative estimate of drug-likeness (QED) is 0.710. The van der Waals surface area contributed by atoms with Crippen molar-refractivity contribution in [2.45, 2.75) is 59.3 Å². The predicted octanol–water partition coefficient (Wildman–Crippen LogP) is 3.59. The molecule has 0 amide bonds. The molecule has 1 nitrogen and oxygen atoms in total. The number of hydrogen-bond donors (Lipinski definition) is 1. The molecule has 0 radical (unpaired) electrons. The molecule has 84 valence electrons. The topological polar surface area (TPSA) is 12.0 Å². The van der Waals surface area contributed by atoms with E-state index in [4.69, 9.17) is 0 Å². The maximum absolute atomic E-state index is 3.65. The van der Waals surface area contributed by atoms with Crippen molar-refractivity contribution in [3.63, 3.8) is 0 Å². The Labute approximate surface area is 89.7 Å². The summed E-state index contributed by atoms with van der Waals surface area (Å²) >= 11 is 0. The van der Waals surface area contributed by atoms with Crippen LogP contribution in [0, 0.1) is 11.3 Å². The van der Waals surface area contributed by atoms with Gasteiger partial charge in [-0.05, 0) is 37.1 Å². The van der Waals surface area contributed by atoms with Crippen molar-refractivity contribution in [1.82, 2.24) is 5.32 Å². The minimum absolute atomic E-state index is 0.481. The highest BCUT2D eigenvalue weighted by atomic mass is 14.9. The fourth-order valence-corrected chi connectivity index (χ4v) is 2.13. The van der Waals surface area contributed by atoms with Crippen LogP contribution in [0.15, 0.2) is 0 Å². The average Bonchev–Trinajstić information content (AvgIpc) is 2.19. The van der Waals surface area contributed by atoms with Gasteiger partial charge < -0.3 is 5.32 Å². The van der Waals surface area contributed by atoms with Gasteiger partial charge in [0.1, 0.15) is 0 Å². The largest absolute Gasteiger partial charge is 0.316 e. The summed E-state index contributed by atoms with van der Waals surface area (Å²) in [6, 6.07) is 0. The maximum atomic E-state index is 3.65. The zero-order valence-electron chi connectivity index (χ0n) is 10.2. The lowest BCUT2D eigenvalue weighted by Gasteiger charge is -2.26. The van der Waals surface area contributed by atoms with Crippen molar-refractivity contribution in [3.05, 3.63) is 0 Å². The van der Waals surface area contributed by atoms with E-state index in [0.717, 1.165) is 5.92 Å². The van der Waals surface area contributed by atoms with E-state index >= 15 is 0 Å². The minimum atomic E-state index is 0.481. The summed E-state index contributed by atoms with van der Waals surface area (Å²) in [7, 11) is 0. The molecule has 0 atom stereocenters. The number of nitrogens with one attached hydrogen (secondary N) is 1. The van der Waals surface area contributed by atoms with Crippen LogP contribution in [0.4, 0.5) is 0 Å². The molecule has 0 aliphatic heterocycles. The van der Waals surface area contributed by atoms with Crippen LogP contribution < -0.4 is 5.32 Å². The fraction of sp³-hybridized carbons (Fsp3) is 1.00. The monoisotopic (exact) mass is 197 g/mol. The molecule has 0 saturated heterocycles. The molecule has 1 heteroatoms. The molecule has 1 saturated carbocycles. The van der Waals surface area contributed by atoms with Crippen molar-refractivity contribution < 1.29 is 0 Å². The smallest absolute Gasteiger partial charge is 0.000253 e. The summed E-state index contributed by atoms with van der Waals surface area (Å²) in [6.07, 6.45) is 8.58. The van der Waals surface area contributed by atoms with E-state index < -0.39 is 0 Å². The molecular weight excluding hydrogens is 170 g/mol. The van der Waals surface area contributed by atoms with Gasteiger partial charge in [0, 0.05) is 6.54 Å². The summed E-state index contributed by atoms with van der Waals surface area (Å²) in [5.41, 5.74) is 0.481. The summed E-state index contributed by atoms with van der Waals surface area (Å²) in [5.74, 6) is 0.969. The first-order valence-electron chi connectivity index (χ1n) is 6.35. The third kappa shape index (κ3) is 4.45. The van der Waals surface area contributed by atoms with Gasteiger partial charge in [-0.15, -0.1) is 0 Å². The molecule has 1 fully saturated rings. The van der Waals surface area contributed by atoms with Crippen molar-refractivity contribution in [3.8, 4) is 0 Å². The normalized spacial score (nSPS) is 19.9. The molecule has 1 aliphatic rings. The molecule has 0 heterocycles. The van der Waals surface area contributed by atoms with Gasteiger partial charge in [-0.1, -0.05) is 40.0 Å². The molecule has 1 aliphatic carbocycles. The SMILES string of the molecule is CCC(C)(C)CNCC1CCCCC1. The molecule has 0 aromatic heterocycles. The highest BCUT2D eigenvalue weighted by molar-refractivity contribution is 4.72. The van der Waals surface area contributed by atoms with E-state index in [1.54, 1.807) is 0 Å². The number of rotatable bonds is 5. The van der Waals surface area contributed by atoms with E-state index in [2.05, 4.69) is 26.1 Å². The minimum Gasteiger partial charge on any atom is -0.316 e. The Bertz CT molecular complexity index is 145. The third-order valence-electron chi connectivity index (χ3n) is 3.72. The van der Waals surface area contributed by atoms with Gasteiger partial charge in [0.25, 0.3) is 0 Å². The summed E-state index contributed by atoms with van der Waals surface area (Å²) < 4.78 is 0. The van der Waals surface area contributed by atoms with Crippen molar-refractivity contribution >= 4 is 0 Å². The van der Waals surface area contributed by atoms with Crippen LogP contribution in [0.2, 0.25) is 0 Å². The van der Waals surface area contributed by atoms with Crippen LogP contribution in [0.25, 0.3) is 0 Å². The Balaban J connectivity index is 2.08. The van der Waals surface area contributed by atoms with Gasteiger partial charge >= 0.3 is 0 Å². The van der Waals surface area contributed by atoms with Gasteiger partial charge in [0.05, 0.1) is 0 Å². The van der Waals surface area contributed by atoms with E-state index in [9.17, 15) is 0 Å². The van der Waals surface area contributed by atoms with Crippen LogP contribution in [0.3, 0.4) is 0 Å². The standard InChI is InChI=1S/C13H27N/c1-4-13(2,3)11-14-10-12-8-6-5-7-9-12/h12,14H,4-11H2,1-3H3. The van der Waals surface area contributed by atoms with Crippen LogP contribution in [-0.2, 0) is 0 Å². The Kier molecular flexibility index (Phi) is 4.94. The predicted molar refractivity (Wildman–Crippen MR) is 63.5 cm³/mol. The van der Waals surface area contributed by atoms with Gasteiger partial charge in [-0.2, -0.15) is 0 Å². The Hall–Kier alpha value is -0.0400. The second-order valence-corrected chi connectivity index (χ2v) is 5.65. The summed E-state index contributed by atoms with van der Waals surface area (Å²) in [5, 5.41) is 3.65. The van der Waals surface area contributed by atoms with Crippen LogP contribution in [0.5, 0.6) is 0 Å². The first-order chi connectivity index (χ1) is 6.64. The first kappa shape index (κ1) is 12.0. The Morgan fingerprint density at radius 3 is 2.36 bits per heavy atom. The highest BCUT2D eigenvalue weighted by Gasteiger charge is 2.16. The van der Waals surface area contributed by atoms with Crippen LogP contribution >= 0.6 is 0 Å². The second kappa shape index (κ2) is 5.75. The van der Waals surface area contributed by atoms with Gasteiger partial charge in [-0.3, -0.25) is 0 Å². The van der Waals surface area contributed by atoms with Crippen LogP contribution in [-0.4, -0.2) is 13.1 Å². The highest BCUT2D eigenvalue weighted by Crippen LogP contribution is 2.23. The molecule has 0 unspecified atom stereocenters. The molecule has 0 aromatic rings. The fourth-order valence-electron chi connectivity index (χ4n) is 2.13. The van der Waals surface area contributed by atoms with E-state index in [0.29, 0.717) is 5.41 Å². The maximum Gasteiger partial charge on any atom is 0.000253 e. The van der Waals surface area contributed by atoms with Crippen molar-refractivity contribution in [2.24, 2.45) is 11.3 Å². The van der Waals surface area contributed by atoms with E-state index in [1.165, 1.54) is 51.6 Å². The summed E-state index contributed by atoms with van der Waals surface area (Å²) in [4.78, 5) is 0. The first-order valence-corrected chi connectivity index (χ1v) is 6.35. The molecule has 0 aromatic carbocycles. The molecule has 1 rings (SSSR count). The summed E-state index contributed by atoms with van der Waals surface area (Å²) in [6.45, 7) is 9.41. The van der Waals surface area contributed by atoms with Gasteiger partial charge in [0.15, 0.2) is 0 Å². The lowest BCUT2D eigenvalue weighted by molar-refractivity contribution is 0.290. The second-order valence-electron chi connectivity index (χ2n) is 5.65. The zero-order valence-corrected chi connectivity index (χ0v) is 10.2. The zero-order chi connectivity index (χ0) is 10.4. The lowest BCUT2D eigenvalue weighted by Crippen LogP contribution is -2.33. The van der Waals surface area contributed by atoms with Gasteiger partial charge in [0.2, 0.25) is 0 Å². The Morgan fingerprint density at radius 2 is 1.79 bits per heavy atom. The molecule has 1 N–H and O–H groups in total. The number of hydrogen-bond acceptors (Lipinski definition) is 1. The molecule has 14 heavy (non-hydrogen) atoms. The van der Waals surface area contributed by atoms with E-state index in [-0.39, 0.29) is 0 Å². The van der Waals surface area contributed by atoms with Crippen LogP contribution in [0.1, 0.15) is 59.3 Å². The van der Waals surface area contributed by atoms with Crippen molar-refractivity contribution in [1.29, 1.82) is 0 Å². The Morgan fingerprint density at radius 1 is 1.14 bits per heavy atom. The van der Waals surface area contributed by atoms with Crippen molar-refractivity contribution in [2.75, 3.05) is 13.1 Å².